The highest BCUT2D eigenvalue weighted by Crippen LogP contribution is 2.31. The standard InChI is InChI=1S/C11H4BrClF2N4O/c12-4-1-5(14)7(15)6(2-4)20-10-8-9(17-3-16-8)18-11(13)19-10/h1-3H,(H,16,17,18,19). The fraction of sp³-hybridized carbons (Fsp3) is 0. The average molecular weight is 362 g/mol. The number of halogens is 4. The Labute approximate surface area is 124 Å². The lowest BCUT2D eigenvalue weighted by atomic mass is 10.3. The summed E-state index contributed by atoms with van der Waals surface area (Å²) in [6.45, 7) is 0. The van der Waals surface area contributed by atoms with Gasteiger partial charge < -0.3 is 9.72 Å². The molecule has 0 bridgehead atoms. The van der Waals surface area contributed by atoms with Crippen LogP contribution < -0.4 is 4.74 Å². The van der Waals surface area contributed by atoms with Gasteiger partial charge in [-0.1, -0.05) is 15.9 Å². The molecule has 0 unspecified atom stereocenters. The van der Waals surface area contributed by atoms with Crippen molar-refractivity contribution in [1.29, 1.82) is 0 Å². The second-order valence-corrected chi connectivity index (χ2v) is 4.95. The van der Waals surface area contributed by atoms with E-state index in [-0.39, 0.29) is 22.6 Å². The van der Waals surface area contributed by atoms with Crippen LogP contribution in [0.5, 0.6) is 11.6 Å². The molecular formula is C11H4BrClF2N4O. The van der Waals surface area contributed by atoms with Crippen LogP contribution in [0.4, 0.5) is 8.78 Å². The summed E-state index contributed by atoms with van der Waals surface area (Å²) in [5.41, 5.74) is 0.588. The largest absolute Gasteiger partial charge is 0.434 e. The maximum Gasteiger partial charge on any atom is 0.250 e. The Morgan fingerprint density at radius 2 is 2.05 bits per heavy atom. The molecule has 3 rings (SSSR count). The van der Waals surface area contributed by atoms with Crippen molar-refractivity contribution >= 4 is 38.7 Å². The number of benzene rings is 1. The van der Waals surface area contributed by atoms with Crippen LogP contribution in [0.25, 0.3) is 11.2 Å². The molecule has 102 valence electrons. The van der Waals surface area contributed by atoms with Crippen LogP contribution in [0.15, 0.2) is 22.9 Å². The topological polar surface area (TPSA) is 63.7 Å². The number of aromatic nitrogens is 4. The molecule has 0 aliphatic carbocycles. The van der Waals surface area contributed by atoms with Crippen LogP contribution in [0.3, 0.4) is 0 Å². The number of H-pyrrole nitrogens is 1. The summed E-state index contributed by atoms with van der Waals surface area (Å²) in [4.78, 5) is 14.3. The number of hydrogen-bond acceptors (Lipinski definition) is 4. The number of imidazole rings is 1. The highest BCUT2D eigenvalue weighted by atomic mass is 79.9. The lowest BCUT2D eigenvalue weighted by molar-refractivity contribution is 0.407. The zero-order valence-electron chi connectivity index (χ0n) is 9.49. The Morgan fingerprint density at radius 3 is 2.85 bits per heavy atom. The van der Waals surface area contributed by atoms with E-state index in [1.807, 2.05) is 0 Å². The summed E-state index contributed by atoms with van der Waals surface area (Å²) in [7, 11) is 0. The van der Waals surface area contributed by atoms with E-state index >= 15 is 0 Å². The molecule has 0 amide bonds. The maximum atomic E-state index is 13.7. The predicted molar refractivity (Wildman–Crippen MR) is 70.8 cm³/mol. The minimum Gasteiger partial charge on any atom is -0.434 e. The van der Waals surface area contributed by atoms with Gasteiger partial charge in [0, 0.05) is 4.47 Å². The number of aromatic amines is 1. The minimum atomic E-state index is -1.13. The van der Waals surface area contributed by atoms with Crippen molar-refractivity contribution in [2.24, 2.45) is 0 Å². The van der Waals surface area contributed by atoms with E-state index in [9.17, 15) is 8.78 Å². The zero-order chi connectivity index (χ0) is 14.3. The molecule has 0 spiro atoms. The van der Waals surface area contributed by atoms with E-state index in [1.54, 1.807) is 0 Å². The highest BCUT2D eigenvalue weighted by molar-refractivity contribution is 9.10. The third-order valence-electron chi connectivity index (χ3n) is 2.39. The Hall–Kier alpha value is -1.80. The first-order valence-corrected chi connectivity index (χ1v) is 6.40. The van der Waals surface area contributed by atoms with Crippen LogP contribution in [-0.2, 0) is 0 Å². The SMILES string of the molecule is Fc1cc(Br)cc(Oc2nc(Cl)nc3nc[nH]c23)c1F. The van der Waals surface area contributed by atoms with Crippen molar-refractivity contribution in [2.45, 2.75) is 0 Å². The van der Waals surface area contributed by atoms with Crippen molar-refractivity contribution < 1.29 is 13.5 Å². The Morgan fingerprint density at radius 1 is 1.25 bits per heavy atom. The summed E-state index contributed by atoms with van der Waals surface area (Å²) in [6, 6.07) is 2.26. The number of nitrogens with one attached hydrogen (secondary N) is 1. The third-order valence-corrected chi connectivity index (χ3v) is 3.02. The minimum absolute atomic E-state index is 0.0473. The first kappa shape index (κ1) is 13.2. The van der Waals surface area contributed by atoms with Gasteiger partial charge >= 0.3 is 0 Å². The summed E-state index contributed by atoms with van der Waals surface area (Å²) < 4.78 is 32.6. The molecule has 0 fully saturated rings. The lowest BCUT2D eigenvalue weighted by Gasteiger charge is -2.07. The van der Waals surface area contributed by atoms with Gasteiger partial charge in [0.25, 0.3) is 0 Å². The maximum absolute atomic E-state index is 13.7. The van der Waals surface area contributed by atoms with Crippen LogP contribution >= 0.6 is 27.5 Å². The van der Waals surface area contributed by atoms with Gasteiger partial charge in [-0.3, -0.25) is 0 Å². The summed E-state index contributed by atoms with van der Waals surface area (Å²) in [5.74, 6) is -2.55. The summed E-state index contributed by atoms with van der Waals surface area (Å²) >= 11 is 8.77. The van der Waals surface area contributed by atoms with Gasteiger partial charge in [0.05, 0.1) is 6.33 Å². The first-order valence-electron chi connectivity index (χ1n) is 5.23. The smallest absolute Gasteiger partial charge is 0.250 e. The van der Waals surface area contributed by atoms with Gasteiger partial charge in [-0.2, -0.15) is 14.4 Å². The van der Waals surface area contributed by atoms with Crippen LogP contribution in [-0.4, -0.2) is 19.9 Å². The number of fused-ring (bicyclic) bond motifs is 1. The van der Waals surface area contributed by atoms with Gasteiger partial charge in [-0.05, 0) is 23.7 Å². The molecule has 0 radical (unpaired) electrons. The average Bonchev–Trinajstić information content (AvgIpc) is 2.83. The fourth-order valence-electron chi connectivity index (χ4n) is 1.57. The van der Waals surface area contributed by atoms with Crippen LogP contribution in [0, 0.1) is 11.6 Å². The van der Waals surface area contributed by atoms with Crippen molar-refractivity contribution in [3.05, 3.63) is 39.9 Å². The van der Waals surface area contributed by atoms with Gasteiger partial charge in [-0.15, -0.1) is 0 Å². The molecule has 9 heteroatoms. The quantitative estimate of drug-likeness (QED) is 0.556. The molecule has 3 aromatic rings. The lowest BCUT2D eigenvalue weighted by Crippen LogP contribution is -1.96. The molecule has 20 heavy (non-hydrogen) atoms. The Bertz CT molecular complexity index is 810. The highest BCUT2D eigenvalue weighted by Gasteiger charge is 2.16. The van der Waals surface area contributed by atoms with Crippen LogP contribution in [0.2, 0.25) is 5.28 Å². The second kappa shape index (κ2) is 4.95. The molecule has 1 aromatic carbocycles. The van der Waals surface area contributed by atoms with E-state index < -0.39 is 11.6 Å². The molecule has 5 nitrogen and oxygen atoms in total. The third kappa shape index (κ3) is 2.32. The van der Waals surface area contributed by atoms with Crippen molar-refractivity contribution in [3.63, 3.8) is 0 Å². The second-order valence-electron chi connectivity index (χ2n) is 3.70. The molecule has 0 atom stereocenters. The number of ether oxygens (including phenoxy) is 1. The summed E-state index contributed by atoms with van der Waals surface area (Å²) in [6.07, 6.45) is 1.36. The van der Waals surface area contributed by atoms with E-state index in [2.05, 4.69) is 35.9 Å². The van der Waals surface area contributed by atoms with Crippen LogP contribution in [0.1, 0.15) is 0 Å². The van der Waals surface area contributed by atoms with Crippen molar-refractivity contribution in [3.8, 4) is 11.6 Å². The first-order chi connectivity index (χ1) is 9.54. The Kier molecular flexibility index (Phi) is 3.27. The van der Waals surface area contributed by atoms with Gasteiger partial charge in [-0.25, -0.2) is 9.37 Å². The molecule has 0 aliphatic rings. The summed E-state index contributed by atoms with van der Waals surface area (Å²) in [5, 5.41) is -0.115. The van der Waals surface area contributed by atoms with Gasteiger partial charge in [0.1, 0.15) is 5.52 Å². The molecule has 0 aliphatic heterocycles. The monoisotopic (exact) mass is 360 g/mol. The van der Waals surface area contributed by atoms with E-state index in [1.165, 1.54) is 12.4 Å². The molecular weight excluding hydrogens is 358 g/mol. The fourth-order valence-corrected chi connectivity index (χ4v) is 2.13. The predicted octanol–water partition coefficient (Wildman–Crippen LogP) is 3.84. The molecule has 2 aromatic heterocycles. The molecule has 0 saturated carbocycles. The Balaban J connectivity index is 2.12. The number of rotatable bonds is 2. The van der Waals surface area contributed by atoms with E-state index in [4.69, 9.17) is 16.3 Å². The molecule has 0 saturated heterocycles. The van der Waals surface area contributed by atoms with Gasteiger partial charge in [0.2, 0.25) is 17.0 Å². The van der Waals surface area contributed by atoms with Crippen molar-refractivity contribution in [2.75, 3.05) is 0 Å². The van der Waals surface area contributed by atoms with Crippen molar-refractivity contribution in [1.82, 2.24) is 19.9 Å². The van der Waals surface area contributed by atoms with E-state index in [0.29, 0.717) is 9.99 Å². The number of nitrogens with zero attached hydrogens (tertiary/aromatic N) is 3. The zero-order valence-corrected chi connectivity index (χ0v) is 11.8. The number of hydrogen-bond donors (Lipinski definition) is 1. The molecule has 1 N–H and O–H groups in total. The molecule has 2 heterocycles. The van der Waals surface area contributed by atoms with Gasteiger partial charge in [0.15, 0.2) is 17.2 Å². The van der Waals surface area contributed by atoms with E-state index in [0.717, 1.165) is 6.07 Å². The normalized spacial score (nSPS) is 11.0.